The zero-order chi connectivity index (χ0) is 12.4. The smallest absolute Gasteiger partial charge is 0.124 e. The maximum atomic E-state index is 5.81. The van der Waals surface area contributed by atoms with E-state index in [1.807, 2.05) is 6.07 Å². The van der Waals surface area contributed by atoms with Gasteiger partial charge in [0.1, 0.15) is 12.4 Å². The number of rotatable bonds is 3. The molecule has 0 aliphatic carbocycles. The fourth-order valence-electron chi connectivity index (χ4n) is 1.57. The molecule has 2 rings (SSSR count). The first-order chi connectivity index (χ1) is 8.08. The van der Waals surface area contributed by atoms with E-state index in [1.165, 1.54) is 16.0 Å². The maximum absolute atomic E-state index is 5.81. The summed E-state index contributed by atoms with van der Waals surface area (Å²) >= 11 is 8.76. The van der Waals surface area contributed by atoms with E-state index in [-0.39, 0.29) is 0 Å². The third-order valence-corrected chi connectivity index (χ3v) is 5.62. The number of thiophene rings is 1. The molecular weight excluding hydrogens is 364 g/mol. The van der Waals surface area contributed by atoms with Crippen LogP contribution in [-0.2, 0) is 6.61 Å². The molecule has 1 heterocycles. The second-order valence-electron chi connectivity index (χ2n) is 3.85. The largest absolute Gasteiger partial charge is 0.488 e. The summed E-state index contributed by atoms with van der Waals surface area (Å²) in [7, 11) is 0. The van der Waals surface area contributed by atoms with Crippen molar-refractivity contribution in [1.82, 2.24) is 0 Å². The van der Waals surface area contributed by atoms with Crippen molar-refractivity contribution in [2.45, 2.75) is 20.5 Å². The molecule has 1 aromatic carbocycles. The van der Waals surface area contributed by atoms with Crippen molar-refractivity contribution in [2.75, 3.05) is 0 Å². The van der Waals surface area contributed by atoms with Crippen LogP contribution in [0, 0.1) is 13.8 Å². The SMILES string of the molecule is Cc1cc(OCc2sccc2Br)cc(C)c1Br. The molecule has 2 aromatic rings. The summed E-state index contributed by atoms with van der Waals surface area (Å²) in [5, 5.41) is 2.06. The Balaban J connectivity index is 2.12. The van der Waals surface area contributed by atoms with Crippen LogP contribution in [-0.4, -0.2) is 0 Å². The minimum absolute atomic E-state index is 0.610. The van der Waals surface area contributed by atoms with Crippen molar-refractivity contribution < 1.29 is 4.74 Å². The highest BCUT2D eigenvalue weighted by molar-refractivity contribution is 9.10. The van der Waals surface area contributed by atoms with E-state index in [0.717, 1.165) is 14.7 Å². The van der Waals surface area contributed by atoms with Crippen molar-refractivity contribution >= 4 is 43.2 Å². The van der Waals surface area contributed by atoms with E-state index in [0.29, 0.717) is 6.61 Å². The van der Waals surface area contributed by atoms with Crippen LogP contribution in [0.3, 0.4) is 0 Å². The van der Waals surface area contributed by atoms with Crippen LogP contribution >= 0.6 is 43.2 Å². The van der Waals surface area contributed by atoms with E-state index in [9.17, 15) is 0 Å². The summed E-state index contributed by atoms with van der Waals surface area (Å²) in [6.07, 6.45) is 0. The first kappa shape index (κ1) is 13.1. The Kier molecular flexibility index (Phi) is 4.28. The minimum atomic E-state index is 0.610. The molecule has 0 bridgehead atoms. The lowest BCUT2D eigenvalue weighted by Crippen LogP contribution is -1.95. The standard InChI is InChI=1S/C13H12Br2OS/c1-8-5-10(6-9(2)13(8)15)16-7-12-11(14)3-4-17-12/h3-6H,7H2,1-2H3. The first-order valence-electron chi connectivity index (χ1n) is 5.19. The Morgan fingerprint density at radius 1 is 1.18 bits per heavy atom. The zero-order valence-electron chi connectivity index (χ0n) is 9.59. The molecule has 0 atom stereocenters. The molecule has 0 aliphatic heterocycles. The molecule has 0 saturated carbocycles. The van der Waals surface area contributed by atoms with Crippen LogP contribution in [0.2, 0.25) is 0 Å². The molecular formula is C13H12Br2OS. The number of ether oxygens (including phenoxy) is 1. The fourth-order valence-corrected chi connectivity index (χ4v) is 3.17. The molecule has 0 saturated heterocycles. The molecule has 4 heteroatoms. The highest BCUT2D eigenvalue weighted by atomic mass is 79.9. The lowest BCUT2D eigenvalue weighted by atomic mass is 10.1. The minimum Gasteiger partial charge on any atom is -0.488 e. The summed E-state index contributed by atoms with van der Waals surface area (Å²) in [6, 6.07) is 6.15. The van der Waals surface area contributed by atoms with Gasteiger partial charge in [0, 0.05) is 8.95 Å². The maximum Gasteiger partial charge on any atom is 0.124 e. The van der Waals surface area contributed by atoms with Gasteiger partial charge in [-0.1, -0.05) is 15.9 Å². The Bertz CT molecular complexity index is 511. The van der Waals surface area contributed by atoms with Gasteiger partial charge in [0.2, 0.25) is 0 Å². The van der Waals surface area contributed by atoms with Crippen LogP contribution in [0.1, 0.15) is 16.0 Å². The Morgan fingerprint density at radius 2 is 1.82 bits per heavy atom. The number of benzene rings is 1. The lowest BCUT2D eigenvalue weighted by Gasteiger charge is -2.09. The van der Waals surface area contributed by atoms with Crippen molar-refractivity contribution in [3.63, 3.8) is 0 Å². The molecule has 0 unspecified atom stereocenters. The summed E-state index contributed by atoms with van der Waals surface area (Å²) < 4.78 is 8.08. The predicted octanol–water partition coefficient (Wildman–Crippen LogP) is 5.47. The Labute approximate surface area is 122 Å². The average Bonchev–Trinajstić information content (AvgIpc) is 2.69. The Hall–Kier alpha value is -0.320. The molecule has 90 valence electrons. The molecule has 0 N–H and O–H groups in total. The van der Waals surface area contributed by atoms with Gasteiger partial charge in [-0.2, -0.15) is 0 Å². The molecule has 1 aromatic heterocycles. The monoisotopic (exact) mass is 374 g/mol. The summed E-state index contributed by atoms with van der Waals surface area (Å²) in [5.41, 5.74) is 2.40. The second kappa shape index (κ2) is 5.55. The van der Waals surface area contributed by atoms with Gasteiger partial charge in [-0.15, -0.1) is 11.3 Å². The van der Waals surface area contributed by atoms with Crippen LogP contribution in [0.5, 0.6) is 5.75 Å². The average molecular weight is 376 g/mol. The van der Waals surface area contributed by atoms with Crippen molar-refractivity contribution in [3.8, 4) is 5.75 Å². The van der Waals surface area contributed by atoms with Gasteiger partial charge in [-0.25, -0.2) is 0 Å². The summed E-state index contributed by atoms with van der Waals surface area (Å²) in [5.74, 6) is 0.920. The van der Waals surface area contributed by atoms with Crippen LogP contribution in [0.25, 0.3) is 0 Å². The van der Waals surface area contributed by atoms with Crippen molar-refractivity contribution in [2.24, 2.45) is 0 Å². The quantitative estimate of drug-likeness (QED) is 0.691. The highest BCUT2D eigenvalue weighted by Gasteiger charge is 2.05. The summed E-state index contributed by atoms with van der Waals surface area (Å²) in [4.78, 5) is 1.21. The van der Waals surface area contributed by atoms with E-state index >= 15 is 0 Å². The van der Waals surface area contributed by atoms with Crippen molar-refractivity contribution in [3.05, 3.63) is 48.5 Å². The third-order valence-electron chi connectivity index (χ3n) is 2.47. The second-order valence-corrected chi connectivity index (χ2v) is 6.50. The Morgan fingerprint density at radius 3 is 2.35 bits per heavy atom. The molecule has 0 spiro atoms. The van der Waals surface area contributed by atoms with Gasteiger partial charge in [-0.05, 0) is 64.5 Å². The normalized spacial score (nSPS) is 10.6. The molecule has 0 aliphatic rings. The van der Waals surface area contributed by atoms with E-state index < -0.39 is 0 Å². The first-order valence-corrected chi connectivity index (χ1v) is 7.66. The molecule has 0 radical (unpaired) electrons. The predicted molar refractivity (Wildman–Crippen MR) is 80.0 cm³/mol. The van der Waals surface area contributed by atoms with Crippen LogP contribution in [0.15, 0.2) is 32.5 Å². The molecule has 0 fully saturated rings. The fraction of sp³-hybridized carbons (Fsp3) is 0.231. The van der Waals surface area contributed by atoms with Gasteiger partial charge in [0.25, 0.3) is 0 Å². The van der Waals surface area contributed by atoms with Gasteiger partial charge in [0.15, 0.2) is 0 Å². The molecule has 0 amide bonds. The highest BCUT2D eigenvalue weighted by Crippen LogP contribution is 2.28. The van der Waals surface area contributed by atoms with E-state index in [2.05, 4.69) is 63.2 Å². The van der Waals surface area contributed by atoms with E-state index in [1.54, 1.807) is 11.3 Å². The lowest BCUT2D eigenvalue weighted by molar-refractivity contribution is 0.308. The topological polar surface area (TPSA) is 9.23 Å². The molecule has 1 nitrogen and oxygen atoms in total. The summed E-state index contributed by atoms with van der Waals surface area (Å²) in [6.45, 7) is 4.76. The number of aryl methyl sites for hydroxylation is 2. The number of halogens is 2. The van der Waals surface area contributed by atoms with Gasteiger partial charge < -0.3 is 4.74 Å². The van der Waals surface area contributed by atoms with Crippen LogP contribution < -0.4 is 4.74 Å². The number of hydrogen-bond donors (Lipinski definition) is 0. The third kappa shape index (κ3) is 3.12. The molecule has 17 heavy (non-hydrogen) atoms. The van der Waals surface area contributed by atoms with Gasteiger partial charge in [-0.3, -0.25) is 0 Å². The van der Waals surface area contributed by atoms with Gasteiger partial charge in [0.05, 0.1) is 4.88 Å². The van der Waals surface area contributed by atoms with E-state index in [4.69, 9.17) is 4.74 Å². The van der Waals surface area contributed by atoms with Crippen molar-refractivity contribution in [1.29, 1.82) is 0 Å². The van der Waals surface area contributed by atoms with Crippen LogP contribution in [0.4, 0.5) is 0 Å². The van der Waals surface area contributed by atoms with Gasteiger partial charge >= 0.3 is 0 Å². The number of hydrogen-bond acceptors (Lipinski definition) is 2. The zero-order valence-corrected chi connectivity index (χ0v) is 13.6.